The summed E-state index contributed by atoms with van der Waals surface area (Å²) >= 11 is 0. The van der Waals surface area contributed by atoms with Gasteiger partial charge in [0.2, 0.25) is 0 Å². The Morgan fingerprint density at radius 3 is 2.62 bits per heavy atom. The van der Waals surface area contributed by atoms with Crippen LogP contribution in [0.1, 0.15) is 36.3 Å². The molecule has 1 atom stereocenters. The number of aromatic nitrogens is 4. The van der Waals surface area contributed by atoms with E-state index in [0.29, 0.717) is 17.9 Å². The molecule has 0 aliphatic heterocycles. The molecule has 0 bridgehead atoms. The summed E-state index contributed by atoms with van der Waals surface area (Å²) in [5, 5.41) is 21.9. The SMILES string of the molecule is Cc1c(C(=O)NC(CC(C)C)C(=O)O)cnn1-c1ccc(=O)[nH]n1. The fraction of sp³-hybridized carbons (Fsp3) is 0.400. The predicted molar refractivity (Wildman–Crippen MR) is 85.1 cm³/mol. The largest absolute Gasteiger partial charge is 0.480 e. The lowest BCUT2D eigenvalue weighted by molar-refractivity contribution is -0.139. The first kappa shape index (κ1) is 17.4. The van der Waals surface area contributed by atoms with Crippen molar-refractivity contribution in [3.8, 4) is 5.82 Å². The van der Waals surface area contributed by atoms with Gasteiger partial charge in [-0.15, -0.1) is 0 Å². The predicted octanol–water partition coefficient (Wildman–Crippen LogP) is 0.493. The van der Waals surface area contributed by atoms with Gasteiger partial charge >= 0.3 is 5.97 Å². The van der Waals surface area contributed by atoms with Crippen molar-refractivity contribution in [1.29, 1.82) is 0 Å². The van der Waals surface area contributed by atoms with Crippen molar-refractivity contribution in [3.05, 3.63) is 39.9 Å². The summed E-state index contributed by atoms with van der Waals surface area (Å²) in [5.41, 5.74) is 0.387. The van der Waals surface area contributed by atoms with Crippen LogP contribution in [-0.4, -0.2) is 43.0 Å². The Kier molecular flexibility index (Phi) is 5.12. The average molecular weight is 333 g/mol. The summed E-state index contributed by atoms with van der Waals surface area (Å²) in [5.74, 6) is -1.12. The highest BCUT2D eigenvalue weighted by atomic mass is 16.4. The molecule has 1 unspecified atom stereocenters. The van der Waals surface area contributed by atoms with Gasteiger partial charge in [0, 0.05) is 6.07 Å². The molecular weight excluding hydrogens is 314 g/mol. The highest BCUT2D eigenvalue weighted by molar-refractivity contribution is 5.97. The standard InChI is InChI=1S/C15H19N5O4/c1-8(2)6-11(15(23)24)17-14(22)10-7-16-20(9(10)3)12-4-5-13(21)19-18-12/h4-5,7-8,11H,6H2,1-3H3,(H,17,22)(H,19,21)(H,23,24). The van der Waals surface area contributed by atoms with Gasteiger partial charge in [0.25, 0.3) is 11.5 Å². The quantitative estimate of drug-likeness (QED) is 0.705. The zero-order valence-electron chi connectivity index (χ0n) is 13.6. The smallest absolute Gasteiger partial charge is 0.326 e. The number of carbonyl (C=O) groups is 2. The number of hydrogen-bond donors (Lipinski definition) is 3. The number of H-pyrrole nitrogens is 1. The first-order valence-electron chi connectivity index (χ1n) is 7.44. The molecule has 0 spiro atoms. The Labute approximate surface area is 137 Å². The number of amides is 1. The third kappa shape index (κ3) is 3.86. The van der Waals surface area contributed by atoms with Crippen molar-refractivity contribution in [2.24, 2.45) is 5.92 Å². The van der Waals surface area contributed by atoms with E-state index in [2.05, 4.69) is 20.6 Å². The lowest BCUT2D eigenvalue weighted by atomic mass is 10.0. The summed E-state index contributed by atoms with van der Waals surface area (Å²) < 4.78 is 1.39. The fourth-order valence-corrected chi connectivity index (χ4v) is 2.25. The highest BCUT2D eigenvalue weighted by Crippen LogP contribution is 2.12. The second kappa shape index (κ2) is 7.07. The van der Waals surface area contributed by atoms with Crippen LogP contribution in [-0.2, 0) is 4.79 Å². The van der Waals surface area contributed by atoms with Crippen LogP contribution < -0.4 is 10.9 Å². The van der Waals surface area contributed by atoms with E-state index in [1.807, 2.05) is 13.8 Å². The lowest BCUT2D eigenvalue weighted by Crippen LogP contribution is -2.41. The summed E-state index contributed by atoms with van der Waals surface area (Å²) in [6.45, 7) is 5.42. The van der Waals surface area contributed by atoms with Gasteiger partial charge in [0.15, 0.2) is 5.82 Å². The van der Waals surface area contributed by atoms with Crippen LogP contribution >= 0.6 is 0 Å². The normalized spacial score (nSPS) is 12.2. The third-order valence-corrected chi connectivity index (χ3v) is 3.45. The van der Waals surface area contributed by atoms with Crippen LogP contribution in [0, 0.1) is 12.8 Å². The molecule has 0 aliphatic rings. The third-order valence-electron chi connectivity index (χ3n) is 3.45. The van der Waals surface area contributed by atoms with Crippen molar-refractivity contribution in [1.82, 2.24) is 25.3 Å². The van der Waals surface area contributed by atoms with Crippen molar-refractivity contribution < 1.29 is 14.7 Å². The molecule has 0 aromatic carbocycles. The van der Waals surface area contributed by atoms with E-state index in [1.165, 1.54) is 23.0 Å². The summed E-state index contributed by atoms with van der Waals surface area (Å²) in [4.78, 5) is 34.7. The van der Waals surface area contributed by atoms with Gasteiger partial charge < -0.3 is 10.4 Å². The van der Waals surface area contributed by atoms with Crippen LogP contribution in [0.15, 0.2) is 23.1 Å². The molecule has 2 aromatic rings. The molecule has 2 rings (SSSR count). The van der Waals surface area contributed by atoms with Gasteiger partial charge in [0.1, 0.15) is 6.04 Å². The maximum Gasteiger partial charge on any atom is 0.326 e. The zero-order chi connectivity index (χ0) is 17.9. The average Bonchev–Trinajstić information content (AvgIpc) is 2.88. The van der Waals surface area contributed by atoms with Gasteiger partial charge in [0.05, 0.1) is 17.5 Å². The van der Waals surface area contributed by atoms with Gasteiger partial charge in [-0.1, -0.05) is 13.8 Å². The second-order valence-electron chi connectivity index (χ2n) is 5.83. The molecule has 0 aliphatic carbocycles. The van der Waals surface area contributed by atoms with Crippen molar-refractivity contribution in [3.63, 3.8) is 0 Å². The molecule has 128 valence electrons. The first-order chi connectivity index (χ1) is 11.3. The molecule has 2 heterocycles. The van der Waals surface area contributed by atoms with Crippen LogP contribution in [0.3, 0.4) is 0 Å². The Hall–Kier alpha value is -2.97. The molecule has 0 radical (unpaired) electrons. The summed E-state index contributed by atoms with van der Waals surface area (Å²) in [6.07, 6.45) is 1.67. The Morgan fingerprint density at radius 2 is 2.08 bits per heavy atom. The molecule has 24 heavy (non-hydrogen) atoms. The highest BCUT2D eigenvalue weighted by Gasteiger charge is 2.24. The molecule has 9 nitrogen and oxygen atoms in total. The van der Waals surface area contributed by atoms with E-state index in [1.54, 1.807) is 6.92 Å². The van der Waals surface area contributed by atoms with Crippen molar-refractivity contribution in [2.45, 2.75) is 33.2 Å². The van der Waals surface area contributed by atoms with Gasteiger partial charge in [-0.3, -0.25) is 9.59 Å². The Morgan fingerprint density at radius 1 is 1.38 bits per heavy atom. The first-order valence-corrected chi connectivity index (χ1v) is 7.44. The summed E-state index contributed by atoms with van der Waals surface area (Å²) in [7, 11) is 0. The van der Waals surface area contributed by atoms with Crippen molar-refractivity contribution >= 4 is 11.9 Å². The van der Waals surface area contributed by atoms with Crippen LogP contribution in [0.4, 0.5) is 0 Å². The molecule has 3 N–H and O–H groups in total. The van der Waals surface area contributed by atoms with Crippen LogP contribution in [0.25, 0.3) is 5.82 Å². The molecule has 0 saturated heterocycles. The topological polar surface area (TPSA) is 130 Å². The van der Waals surface area contributed by atoms with Gasteiger partial charge in [-0.05, 0) is 25.3 Å². The van der Waals surface area contributed by atoms with Crippen LogP contribution in [0.2, 0.25) is 0 Å². The molecule has 0 saturated carbocycles. The number of carboxylic acids is 1. The molecule has 9 heteroatoms. The maximum absolute atomic E-state index is 12.4. The van der Waals surface area contributed by atoms with E-state index in [9.17, 15) is 19.5 Å². The number of carbonyl (C=O) groups excluding carboxylic acids is 1. The van der Waals surface area contributed by atoms with E-state index in [4.69, 9.17) is 0 Å². The molecule has 0 fully saturated rings. The Bertz CT molecular complexity index is 788. The van der Waals surface area contributed by atoms with E-state index >= 15 is 0 Å². The molecule has 1 amide bonds. The lowest BCUT2D eigenvalue weighted by Gasteiger charge is -2.16. The monoisotopic (exact) mass is 333 g/mol. The number of rotatable bonds is 6. The van der Waals surface area contributed by atoms with Gasteiger partial charge in [-0.25, -0.2) is 14.6 Å². The van der Waals surface area contributed by atoms with E-state index in [-0.39, 0.29) is 17.0 Å². The number of carboxylic acid groups (broad SMARTS) is 1. The van der Waals surface area contributed by atoms with E-state index < -0.39 is 17.9 Å². The Balaban J connectivity index is 2.23. The molecule has 2 aromatic heterocycles. The minimum Gasteiger partial charge on any atom is -0.480 e. The fourth-order valence-electron chi connectivity index (χ4n) is 2.25. The minimum absolute atomic E-state index is 0.126. The number of aromatic amines is 1. The second-order valence-corrected chi connectivity index (χ2v) is 5.83. The van der Waals surface area contributed by atoms with E-state index in [0.717, 1.165) is 0 Å². The zero-order valence-corrected chi connectivity index (χ0v) is 13.6. The number of aliphatic carboxylic acids is 1. The van der Waals surface area contributed by atoms with Crippen LogP contribution in [0.5, 0.6) is 0 Å². The summed E-state index contributed by atoms with van der Waals surface area (Å²) in [6, 6.07) is 1.80. The molecular formula is C15H19N5O4. The minimum atomic E-state index is -1.08. The van der Waals surface area contributed by atoms with Gasteiger partial charge in [-0.2, -0.15) is 10.2 Å². The number of nitrogens with zero attached hydrogens (tertiary/aromatic N) is 3. The number of nitrogens with one attached hydrogen (secondary N) is 2. The number of hydrogen-bond acceptors (Lipinski definition) is 5. The van der Waals surface area contributed by atoms with Crippen molar-refractivity contribution in [2.75, 3.05) is 0 Å². The maximum atomic E-state index is 12.4.